The van der Waals surface area contributed by atoms with Gasteiger partial charge >= 0.3 is 6.61 Å². The number of nitrogens with zero attached hydrogens (tertiary/aromatic N) is 8. The van der Waals surface area contributed by atoms with Crippen LogP contribution in [0.25, 0.3) is 11.3 Å². The number of hydrogen-bond acceptors (Lipinski definition) is 11. The Morgan fingerprint density at radius 3 is 2.56 bits per heavy atom. The maximum absolute atomic E-state index is 13.6. The van der Waals surface area contributed by atoms with Crippen molar-refractivity contribution in [3.8, 4) is 17.0 Å². The van der Waals surface area contributed by atoms with Crippen LogP contribution in [-0.2, 0) is 20.9 Å². The van der Waals surface area contributed by atoms with Gasteiger partial charge in [-0.3, -0.25) is 33.9 Å². The summed E-state index contributed by atoms with van der Waals surface area (Å²) in [5, 5.41) is 9.17. The van der Waals surface area contributed by atoms with Crippen LogP contribution < -0.4 is 15.5 Å². The lowest BCUT2D eigenvalue weighted by atomic mass is 10.0. The molecule has 0 atom stereocenters. The second kappa shape index (κ2) is 15.7. The Morgan fingerprint density at radius 1 is 1.10 bits per heavy atom. The zero-order chi connectivity index (χ0) is 35.4. The normalized spacial score (nSPS) is 18.6. The van der Waals surface area contributed by atoms with Gasteiger partial charge in [-0.15, -0.1) is 11.8 Å². The van der Waals surface area contributed by atoms with E-state index in [2.05, 4.69) is 30.6 Å². The number of fused-ring (bicyclic) bond motifs is 1. The zero-order valence-electron chi connectivity index (χ0n) is 28.3. The number of aromatic nitrogens is 2. The van der Waals surface area contributed by atoms with Crippen molar-refractivity contribution in [1.29, 1.82) is 0 Å². The number of nitrogens with one attached hydrogen (secondary N) is 2. The standard InChI is InChI=1S/C33H42F2N10O4S/c1-40(2)28(46)20-41-11-7-22(8-12-41)42-13-15-43(16-14-42)29(47)21-44-19-26(38-32(48)25-18-37-45-10-4-9-36-31(25)45)30(39-44)24-17-23(50-3)5-6-27(24)49-33(34)35/h4-6,9-10,17,19,22,33,37H,7-8,11-16,18,20-21H2,1-3H3,(H,38,48). The monoisotopic (exact) mass is 712 g/mol. The van der Waals surface area contributed by atoms with Gasteiger partial charge in [-0.25, -0.2) is 10.4 Å². The molecule has 5 heterocycles. The van der Waals surface area contributed by atoms with E-state index < -0.39 is 12.5 Å². The third-order valence-electron chi connectivity index (χ3n) is 9.28. The van der Waals surface area contributed by atoms with E-state index in [1.165, 1.54) is 22.5 Å². The molecule has 2 fully saturated rings. The van der Waals surface area contributed by atoms with Crippen molar-refractivity contribution in [2.75, 3.05) is 78.0 Å². The van der Waals surface area contributed by atoms with Crippen LogP contribution in [0.2, 0.25) is 0 Å². The van der Waals surface area contributed by atoms with Crippen molar-refractivity contribution in [2.24, 2.45) is 4.99 Å². The van der Waals surface area contributed by atoms with E-state index in [9.17, 15) is 23.2 Å². The number of amides is 3. The summed E-state index contributed by atoms with van der Waals surface area (Å²) in [6.07, 6.45) is 10.4. The van der Waals surface area contributed by atoms with E-state index in [0.717, 1.165) is 43.9 Å². The molecule has 17 heteroatoms. The number of likely N-dealkylation sites (tertiary alicyclic amines) is 1. The van der Waals surface area contributed by atoms with Gasteiger partial charge in [-0.1, -0.05) is 0 Å². The molecule has 0 saturated carbocycles. The smallest absolute Gasteiger partial charge is 0.387 e. The van der Waals surface area contributed by atoms with E-state index >= 15 is 0 Å². The van der Waals surface area contributed by atoms with E-state index in [4.69, 9.17) is 4.74 Å². The van der Waals surface area contributed by atoms with E-state index in [1.54, 1.807) is 65.7 Å². The first-order valence-corrected chi connectivity index (χ1v) is 17.7. The molecular formula is C33H42F2N10O4S. The molecule has 268 valence electrons. The minimum atomic E-state index is -3.08. The number of thioether (sulfide) groups is 1. The summed E-state index contributed by atoms with van der Waals surface area (Å²) in [4.78, 5) is 52.4. The second-order valence-electron chi connectivity index (χ2n) is 12.6. The molecule has 14 nitrogen and oxygen atoms in total. The number of aliphatic imine (C=N–C) groups is 1. The topological polar surface area (TPSA) is 131 Å². The molecular weight excluding hydrogens is 670 g/mol. The fourth-order valence-corrected chi connectivity index (χ4v) is 6.95. The molecule has 2 N–H and O–H groups in total. The molecule has 0 aliphatic carbocycles. The number of hydrogen-bond donors (Lipinski definition) is 2. The Bertz CT molecular complexity index is 1680. The number of rotatable bonds is 11. The fourth-order valence-electron chi connectivity index (χ4n) is 6.51. The van der Waals surface area contributed by atoms with Crippen LogP contribution in [0.3, 0.4) is 0 Å². The molecule has 0 bridgehead atoms. The number of anilines is 1. The Hall–Kier alpha value is -4.32. The number of likely N-dealkylation sites (N-methyl/N-ethyl adjacent to an activating group) is 1. The first-order chi connectivity index (χ1) is 24.1. The molecule has 0 radical (unpaired) electrons. The number of hydrazine groups is 1. The molecule has 4 aliphatic heterocycles. The summed E-state index contributed by atoms with van der Waals surface area (Å²) < 4.78 is 33.2. The van der Waals surface area contributed by atoms with Crippen molar-refractivity contribution in [2.45, 2.75) is 36.9 Å². The van der Waals surface area contributed by atoms with Crippen LogP contribution in [-0.4, -0.2) is 144 Å². The molecule has 50 heavy (non-hydrogen) atoms. The van der Waals surface area contributed by atoms with Gasteiger partial charge in [0.2, 0.25) is 11.8 Å². The van der Waals surface area contributed by atoms with E-state index in [-0.39, 0.29) is 47.6 Å². The predicted octanol–water partition coefficient (Wildman–Crippen LogP) is 2.14. The molecule has 0 spiro atoms. The zero-order valence-corrected chi connectivity index (χ0v) is 29.2. The van der Waals surface area contributed by atoms with Gasteiger partial charge in [-0.2, -0.15) is 13.9 Å². The molecule has 3 amide bonds. The van der Waals surface area contributed by atoms with Crippen molar-refractivity contribution in [1.82, 2.24) is 39.8 Å². The summed E-state index contributed by atoms with van der Waals surface area (Å²) in [6, 6.07) is 5.20. The Labute approximate surface area is 293 Å². The van der Waals surface area contributed by atoms with E-state index in [0.29, 0.717) is 37.1 Å². The maximum Gasteiger partial charge on any atom is 0.387 e. The minimum absolute atomic E-state index is 0.103. The SMILES string of the molecule is CSc1ccc(OC(F)F)c(-c2nn(CC(=O)N3CCN(C4CCN(CC(=O)N(C)C)CC4)CC3)cc2NC(=O)C2=C3N=CC=CN3NC2)c1. The van der Waals surface area contributed by atoms with Crippen LogP contribution >= 0.6 is 11.8 Å². The van der Waals surface area contributed by atoms with Gasteiger partial charge in [0.1, 0.15) is 18.0 Å². The average Bonchev–Trinajstić information content (AvgIpc) is 3.72. The number of halogens is 2. The van der Waals surface area contributed by atoms with Gasteiger partial charge in [0.25, 0.3) is 5.91 Å². The summed E-state index contributed by atoms with van der Waals surface area (Å²) in [5.41, 5.74) is 4.15. The molecule has 6 rings (SSSR count). The molecule has 1 aromatic heterocycles. The highest BCUT2D eigenvalue weighted by atomic mass is 32.2. The average molecular weight is 713 g/mol. The van der Waals surface area contributed by atoms with Crippen LogP contribution in [0.15, 0.2) is 58.0 Å². The summed E-state index contributed by atoms with van der Waals surface area (Å²) in [6.45, 7) is 1.84. The Morgan fingerprint density at radius 2 is 1.86 bits per heavy atom. The lowest BCUT2D eigenvalue weighted by Crippen LogP contribution is -2.55. The van der Waals surface area contributed by atoms with Crippen LogP contribution in [0.4, 0.5) is 14.5 Å². The summed E-state index contributed by atoms with van der Waals surface area (Å²) in [5.74, 6) is -0.132. The van der Waals surface area contributed by atoms with Gasteiger partial charge < -0.3 is 19.9 Å². The number of carbonyl (C=O) groups is 3. The molecule has 2 saturated heterocycles. The lowest BCUT2D eigenvalue weighted by molar-refractivity contribution is -0.134. The highest BCUT2D eigenvalue weighted by Gasteiger charge is 2.31. The van der Waals surface area contributed by atoms with Crippen molar-refractivity contribution < 1.29 is 27.9 Å². The molecule has 4 aliphatic rings. The first-order valence-electron chi connectivity index (χ1n) is 16.5. The Balaban J connectivity index is 1.15. The number of benzene rings is 1. The lowest BCUT2D eigenvalue weighted by Gasteiger charge is -2.42. The second-order valence-corrected chi connectivity index (χ2v) is 13.5. The largest absolute Gasteiger partial charge is 0.434 e. The van der Waals surface area contributed by atoms with Gasteiger partial charge in [0, 0.05) is 95.0 Å². The number of allylic oxidation sites excluding steroid dienone is 1. The minimum Gasteiger partial charge on any atom is -0.434 e. The van der Waals surface area contributed by atoms with Gasteiger partial charge in [-0.05, 0) is 43.4 Å². The third kappa shape index (κ3) is 8.17. The number of alkyl halides is 2. The predicted molar refractivity (Wildman–Crippen MR) is 186 cm³/mol. The maximum atomic E-state index is 13.6. The Kier molecular flexibility index (Phi) is 11.2. The molecule has 2 aromatic rings. The van der Waals surface area contributed by atoms with Crippen LogP contribution in [0.1, 0.15) is 12.8 Å². The summed E-state index contributed by atoms with van der Waals surface area (Å²) >= 11 is 1.42. The number of ether oxygens (including phenoxy) is 1. The van der Waals surface area contributed by atoms with Crippen molar-refractivity contribution in [3.63, 3.8) is 0 Å². The van der Waals surface area contributed by atoms with Crippen molar-refractivity contribution >= 4 is 41.4 Å². The molecule has 1 aromatic carbocycles. The number of piperidine rings is 1. The number of carbonyl (C=O) groups excluding carboxylic acids is 3. The third-order valence-corrected chi connectivity index (χ3v) is 10.0. The fraction of sp³-hybridized carbons (Fsp3) is 0.485. The van der Waals surface area contributed by atoms with Crippen LogP contribution in [0, 0.1) is 0 Å². The first kappa shape index (κ1) is 35.5. The highest BCUT2D eigenvalue weighted by molar-refractivity contribution is 7.98. The van der Waals surface area contributed by atoms with E-state index in [1.807, 2.05) is 6.26 Å². The molecule has 0 unspecified atom stereocenters. The van der Waals surface area contributed by atoms with Crippen molar-refractivity contribution in [3.05, 3.63) is 48.1 Å². The van der Waals surface area contributed by atoms with Gasteiger partial charge in [0.05, 0.1) is 17.8 Å². The highest BCUT2D eigenvalue weighted by Crippen LogP contribution is 2.38. The number of piperazine rings is 1. The van der Waals surface area contributed by atoms with Crippen LogP contribution in [0.5, 0.6) is 5.75 Å². The quantitative estimate of drug-likeness (QED) is 0.335. The van der Waals surface area contributed by atoms with Gasteiger partial charge in [0.15, 0.2) is 5.82 Å². The summed E-state index contributed by atoms with van der Waals surface area (Å²) in [7, 11) is 3.55.